The van der Waals surface area contributed by atoms with Crippen molar-refractivity contribution in [3.8, 4) is 0 Å². The first kappa shape index (κ1) is 10.9. The van der Waals surface area contributed by atoms with Crippen molar-refractivity contribution in [3.05, 3.63) is 21.4 Å². The molecular weight excluding hydrogens is 200 g/mol. The van der Waals surface area contributed by atoms with Crippen LogP contribution in [0.15, 0.2) is 6.07 Å². The molecule has 14 heavy (non-hydrogen) atoms. The van der Waals surface area contributed by atoms with E-state index in [0.717, 1.165) is 18.3 Å². The Hall–Kier alpha value is -1.16. The van der Waals surface area contributed by atoms with Gasteiger partial charge in [0.2, 0.25) is 0 Å². The Morgan fingerprint density at radius 2 is 2.29 bits per heavy atom. The molecule has 76 valence electrons. The van der Waals surface area contributed by atoms with Gasteiger partial charge in [-0.2, -0.15) is 0 Å². The van der Waals surface area contributed by atoms with E-state index < -0.39 is 0 Å². The van der Waals surface area contributed by atoms with Crippen LogP contribution in [0.4, 0.5) is 0 Å². The first-order valence-electron chi connectivity index (χ1n) is 4.47. The topological polar surface area (TPSA) is 43.4 Å². The third-order valence-electron chi connectivity index (χ3n) is 1.79. The van der Waals surface area contributed by atoms with Gasteiger partial charge in [0.15, 0.2) is 6.29 Å². The highest BCUT2D eigenvalue weighted by atomic mass is 32.1. The Bertz CT molecular complexity index is 341. The number of hydrogen-bond acceptors (Lipinski definition) is 4. The van der Waals surface area contributed by atoms with Crippen LogP contribution >= 0.6 is 11.3 Å². The fourth-order valence-electron chi connectivity index (χ4n) is 1.14. The molecule has 0 saturated heterocycles. The highest BCUT2D eigenvalue weighted by Gasteiger charge is 2.15. The lowest BCUT2D eigenvalue weighted by Gasteiger charge is -2.00. The smallest absolute Gasteiger partial charge is 0.348 e. The van der Waals surface area contributed by atoms with Gasteiger partial charge >= 0.3 is 5.97 Å². The molecule has 0 unspecified atom stereocenters. The van der Waals surface area contributed by atoms with Gasteiger partial charge in [-0.05, 0) is 25.0 Å². The highest BCUT2D eigenvalue weighted by molar-refractivity contribution is 7.15. The van der Waals surface area contributed by atoms with E-state index in [1.807, 2.05) is 6.92 Å². The zero-order chi connectivity index (χ0) is 10.6. The van der Waals surface area contributed by atoms with E-state index in [1.165, 1.54) is 11.3 Å². The summed E-state index contributed by atoms with van der Waals surface area (Å²) < 4.78 is 4.88. The zero-order valence-electron chi connectivity index (χ0n) is 8.20. The van der Waals surface area contributed by atoms with Gasteiger partial charge in [0.25, 0.3) is 0 Å². The van der Waals surface area contributed by atoms with Gasteiger partial charge in [-0.3, -0.25) is 4.79 Å². The SMILES string of the molecule is CCOC(=O)c1sc(C=O)cc1CC. The van der Waals surface area contributed by atoms with Crippen LogP contribution in [-0.2, 0) is 11.2 Å². The summed E-state index contributed by atoms with van der Waals surface area (Å²) in [6, 6.07) is 1.74. The van der Waals surface area contributed by atoms with Crippen molar-refractivity contribution in [1.82, 2.24) is 0 Å². The number of hydrogen-bond donors (Lipinski definition) is 0. The van der Waals surface area contributed by atoms with Crippen LogP contribution < -0.4 is 0 Å². The molecule has 1 heterocycles. The molecule has 0 amide bonds. The number of carbonyl (C=O) groups is 2. The number of aryl methyl sites for hydroxylation is 1. The maximum absolute atomic E-state index is 11.4. The third kappa shape index (κ3) is 2.20. The molecule has 0 aliphatic heterocycles. The van der Waals surface area contributed by atoms with Gasteiger partial charge in [-0.15, -0.1) is 11.3 Å². The molecule has 0 N–H and O–H groups in total. The minimum atomic E-state index is -0.331. The van der Waals surface area contributed by atoms with Crippen LogP contribution in [0.2, 0.25) is 0 Å². The summed E-state index contributed by atoms with van der Waals surface area (Å²) in [5, 5.41) is 0. The van der Waals surface area contributed by atoms with Crippen LogP contribution in [-0.4, -0.2) is 18.9 Å². The molecule has 0 aliphatic carbocycles. The molecule has 3 nitrogen and oxygen atoms in total. The highest BCUT2D eigenvalue weighted by Crippen LogP contribution is 2.22. The monoisotopic (exact) mass is 212 g/mol. The Balaban J connectivity index is 2.99. The van der Waals surface area contributed by atoms with Crippen molar-refractivity contribution in [2.75, 3.05) is 6.61 Å². The molecule has 0 atom stereocenters. The maximum Gasteiger partial charge on any atom is 0.348 e. The molecule has 0 spiro atoms. The maximum atomic E-state index is 11.4. The molecule has 0 radical (unpaired) electrons. The Labute approximate surface area is 86.7 Å². The summed E-state index contributed by atoms with van der Waals surface area (Å²) in [5.74, 6) is -0.331. The van der Waals surface area contributed by atoms with Crippen molar-refractivity contribution >= 4 is 23.6 Å². The zero-order valence-corrected chi connectivity index (χ0v) is 9.02. The minimum Gasteiger partial charge on any atom is -0.462 e. The largest absolute Gasteiger partial charge is 0.462 e. The van der Waals surface area contributed by atoms with Crippen molar-refractivity contribution in [3.63, 3.8) is 0 Å². The summed E-state index contributed by atoms with van der Waals surface area (Å²) in [6.45, 7) is 4.06. The van der Waals surface area contributed by atoms with Crippen LogP contribution in [0.3, 0.4) is 0 Å². The summed E-state index contributed by atoms with van der Waals surface area (Å²) in [5.41, 5.74) is 0.885. The second-order valence-electron chi connectivity index (χ2n) is 2.70. The first-order valence-corrected chi connectivity index (χ1v) is 5.29. The van der Waals surface area contributed by atoms with Gasteiger partial charge in [0, 0.05) is 0 Å². The van der Waals surface area contributed by atoms with Crippen LogP contribution in [0.1, 0.15) is 38.8 Å². The molecule has 1 rings (SSSR count). The quantitative estimate of drug-likeness (QED) is 0.568. The molecule has 0 saturated carbocycles. The number of carbonyl (C=O) groups excluding carboxylic acids is 2. The average Bonchev–Trinajstić information content (AvgIpc) is 2.61. The van der Waals surface area contributed by atoms with Crippen LogP contribution in [0.25, 0.3) is 0 Å². The second kappa shape index (κ2) is 4.91. The average molecular weight is 212 g/mol. The normalized spacial score (nSPS) is 9.86. The van der Waals surface area contributed by atoms with Gasteiger partial charge in [0.1, 0.15) is 4.88 Å². The lowest BCUT2D eigenvalue weighted by molar-refractivity contribution is 0.0531. The van der Waals surface area contributed by atoms with Gasteiger partial charge < -0.3 is 4.74 Å². The summed E-state index contributed by atoms with van der Waals surface area (Å²) in [6.07, 6.45) is 1.49. The van der Waals surface area contributed by atoms with E-state index in [0.29, 0.717) is 16.4 Å². The number of ether oxygens (including phenoxy) is 1. The van der Waals surface area contributed by atoms with Crippen LogP contribution in [0.5, 0.6) is 0 Å². The molecule has 0 bridgehead atoms. The Morgan fingerprint density at radius 3 is 2.79 bits per heavy atom. The van der Waals surface area contributed by atoms with Crippen molar-refractivity contribution in [2.24, 2.45) is 0 Å². The van der Waals surface area contributed by atoms with E-state index in [-0.39, 0.29) is 5.97 Å². The lowest BCUT2D eigenvalue weighted by atomic mass is 10.2. The van der Waals surface area contributed by atoms with Crippen LogP contribution in [0, 0.1) is 0 Å². The van der Waals surface area contributed by atoms with Gasteiger partial charge in [-0.1, -0.05) is 6.92 Å². The Morgan fingerprint density at radius 1 is 1.57 bits per heavy atom. The summed E-state index contributed by atoms with van der Waals surface area (Å²) in [4.78, 5) is 23.1. The molecule has 1 aromatic rings. The van der Waals surface area contributed by atoms with E-state index in [9.17, 15) is 9.59 Å². The molecule has 4 heteroatoms. The summed E-state index contributed by atoms with van der Waals surface area (Å²) >= 11 is 1.19. The third-order valence-corrected chi connectivity index (χ3v) is 2.87. The number of thiophene rings is 1. The van der Waals surface area contributed by atoms with E-state index >= 15 is 0 Å². The number of esters is 1. The minimum absolute atomic E-state index is 0.331. The van der Waals surface area contributed by atoms with Crippen molar-refractivity contribution in [2.45, 2.75) is 20.3 Å². The lowest BCUT2D eigenvalue weighted by Crippen LogP contribution is -2.04. The number of rotatable bonds is 4. The number of aldehydes is 1. The standard InChI is InChI=1S/C10H12O3S/c1-3-7-5-8(6-11)14-9(7)10(12)13-4-2/h5-6H,3-4H2,1-2H3. The van der Waals surface area contributed by atoms with E-state index in [1.54, 1.807) is 13.0 Å². The predicted molar refractivity (Wildman–Crippen MR) is 55.0 cm³/mol. The fourth-order valence-corrected chi connectivity index (χ4v) is 2.10. The predicted octanol–water partition coefficient (Wildman–Crippen LogP) is 2.30. The first-order chi connectivity index (χ1) is 6.72. The van der Waals surface area contributed by atoms with Gasteiger partial charge in [0.05, 0.1) is 11.5 Å². The fraction of sp³-hybridized carbons (Fsp3) is 0.400. The molecule has 0 fully saturated rings. The second-order valence-corrected chi connectivity index (χ2v) is 3.78. The molecule has 0 aromatic carbocycles. The molecule has 0 aliphatic rings. The van der Waals surface area contributed by atoms with Gasteiger partial charge in [-0.25, -0.2) is 4.79 Å². The molecular formula is C10H12O3S. The van der Waals surface area contributed by atoms with Crippen molar-refractivity contribution < 1.29 is 14.3 Å². The van der Waals surface area contributed by atoms with Crippen molar-refractivity contribution in [1.29, 1.82) is 0 Å². The Kier molecular flexibility index (Phi) is 3.83. The van der Waals surface area contributed by atoms with E-state index in [2.05, 4.69) is 0 Å². The van der Waals surface area contributed by atoms with E-state index in [4.69, 9.17) is 4.74 Å². The summed E-state index contributed by atoms with van der Waals surface area (Å²) in [7, 11) is 0. The molecule has 1 aromatic heterocycles.